The van der Waals surface area contributed by atoms with Gasteiger partial charge in [-0.2, -0.15) is 13.2 Å². The van der Waals surface area contributed by atoms with Crippen LogP contribution < -0.4 is 10.2 Å². The van der Waals surface area contributed by atoms with Gasteiger partial charge in [0.25, 0.3) is 0 Å². The summed E-state index contributed by atoms with van der Waals surface area (Å²) in [6, 6.07) is 11.0. The third-order valence-corrected chi connectivity index (χ3v) is 4.78. The van der Waals surface area contributed by atoms with E-state index in [2.05, 4.69) is 15.2 Å². The van der Waals surface area contributed by atoms with Crippen molar-refractivity contribution in [3.05, 3.63) is 59.8 Å². The van der Waals surface area contributed by atoms with Crippen LogP contribution in [0.25, 0.3) is 0 Å². The van der Waals surface area contributed by atoms with E-state index in [1.165, 1.54) is 12.1 Å². The van der Waals surface area contributed by atoms with E-state index in [0.29, 0.717) is 18.5 Å². The molecule has 4 nitrogen and oxygen atoms in total. The number of carbonyl (C=O) groups excluding carboxylic acids is 1. The number of aromatic nitrogens is 1. The predicted molar refractivity (Wildman–Crippen MR) is 97.4 cm³/mol. The smallest absolute Gasteiger partial charge is 0.354 e. The first kappa shape index (κ1) is 19.2. The van der Waals surface area contributed by atoms with Crippen molar-refractivity contribution < 1.29 is 18.0 Å². The van der Waals surface area contributed by atoms with Gasteiger partial charge < -0.3 is 10.2 Å². The first-order chi connectivity index (χ1) is 12.9. The van der Waals surface area contributed by atoms with Crippen LogP contribution in [0.5, 0.6) is 0 Å². The lowest BCUT2D eigenvalue weighted by Gasteiger charge is -2.25. The molecule has 1 aromatic heterocycles. The van der Waals surface area contributed by atoms with Gasteiger partial charge in [0.1, 0.15) is 5.82 Å². The summed E-state index contributed by atoms with van der Waals surface area (Å²) < 4.78 is 37.7. The van der Waals surface area contributed by atoms with Crippen LogP contribution in [0.2, 0.25) is 0 Å². The Kier molecular flexibility index (Phi) is 5.98. The van der Waals surface area contributed by atoms with Crippen molar-refractivity contribution in [2.24, 2.45) is 0 Å². The number of nitrogens with one attached hydrogen (secondary N) is 1. The van der Waals surface area contributed by atoms with Gasteiger partial charge in [0.05, 0.1) is 5.56 Å². The van der Waals surface area contributed by atoms with E-state index in [0.717, 1.165) is 37.3 Å². The number of pyridine rings is 1. The van der Waals surface area contributed by atoms with Gasteiger partial charge in [-0.15, -0.1) is 0 Å². The molecule has 0 unspecified atom stereocenters. The molecule has 3 rings (SSSR count). The molecule has 0 radical (unpaired) electrons. The van der Waals surface area contributed by atoms with Crippen molar-refractivity contribution in [1.82, 2.24) is 10.3 Å². The van der Waals surface area contributed by atoms with Crippen LogP contribution in [0, 0.1) is 0 Å². The zero-order valence-corrected chi connectivity index (χ0v) is 14.9. The second-order valence-corrected chi connectivity index (χ2v) is 6.68. The summed E-state index contributed by atoms with van der Waals surface area (Å²) in [6.45, 7) is 1.46. The van der Waals surface area contributed by atoms with Gasteiger partial charge in [0, 0.05) is 31.7 Å². The van der Waals surface area contributed by atoms with Crippen molar-refractivity contribution in [2.45, 2.75) is 37.9 Å². The number of hydrogen-bond donors (Lipinski definition) is 1. The Morgan fingerprint density at radius 1 is 1.19 bits per heavy atom. The van der Waals surface area contributed by atoms with E-state index in [9.17, 15) is 18.0 Å². The molecule has 1 N–H and O–H groups in total. The minimum Gasteiger partial charge on any atom is -0.354 e. The molecule has 1 aromatic carbocycles. The van der Waals surface area contributed by atoms with E-state index < -0.39 is 11.7 Å². The number of amides is 1. The fraction of sp³-hybridized carbons (Fsp3) is 0.400. The quantitative estimate of drug-likeness (QED) is 0.833. The Balaban J connectivity index is 1.46. The molecular formula is C20H22F3N3O. The Morgan fingerprint density at radius 2 is 1.96 bits per heavy atom. The fourth-order valence-corrected chi connectivity index (χ4v) is 3.31. The summed E-state index contributed by atoms with van der Waals surface area (Å²) in [4.78, 5) is 18.7. The Hall–Kier alpha value is -2.57. The summed E-state index contributed by atoms with van der Waals surface area (Å²) in [7, 11) is 0. The molecule has 1 atom stereocenters. The second-order valence-electron chi connectivity index (χ2n) is 6.68. The van der Waals surface area contributed by atoms with E-state index in [-0.39, 0.29) is 18.4 Å². The van der Waals surface area contributed by atoms with Crippen molar-refractivity contribution >= 4 is 11.7 Å². The number of rotatable bonds is 6. The first-order valence-corrected chi connectivity index (χ1v) is 9.04. The first-order valence-electron chi connectivity index (χ1n) is 9.04. The Morgan fingerprint density at radius 3 is 2.63 bits per heavy atom. The highest BCUT2D eigenvalue weighted by Crippen LogP contribution is 2.29. The maximum atomic E-state index is 12.6. The number of aryl methyl sites for hydroxylation is 1. The van der Waals surface area contributed by atoms with Gasteiger partial charge in [-0.3, -0.25) is 4.79 Å². The van der Waals surface area contributed by atoms with Crippen LogP contribution in [0.1, 0.15) is 30.4 Å². The largest absolute Gasteiger partial charge is 0.416 e. The van der Waals surface area contributed by atoms with Crippen LogP contribution in [0.3, 0.4) is 0 Å². The van der Waals surface area contributed by atoms with Crippen LogP contribution in [-0.4, -0.2) is 30.0 Å². The maximum absolute atomic E-state index is 12.6. The predicted octanol–water partition coefficient (Wildman–Crippen LogP) is 3.82. The van der Waals surface area contributed by atoms with Crippen LogP contribution >= 0.6 is 0 Å². The van der Waals surface area contributed by atoms with Gasteiger partial charge in [-0.1, -0.05) is 18.2 Å². The highest BCUT2D eigenvalue weighted by molar-refractivity contribution is 5.76. The lowest BCUT2D eigenvalue weighted by Crippen LogP contribution is -2.40. The number of hydrogen-bond acceptors (Lipinski definition) is 3. The number of nitrogens with zero attached hydrogens (tertiary/aromatic N) is 2. The van der Waals surface area contributed by atoms with Crippen molar-refractivity contribution in [1.29, 1.82) is 0 Å². The highest BCUT2D eigenvalue weighted by atomic mass is 19.4. The molecule has 1 saturated heterocycles. The minimum atomic E-state index is -4.34. The molecule has 2 heterocycles. The van der Waals surface area contributed by atoms with E-state index in [1.54, 1.807) is 6.20 Å². The molecule has 0 spiro atoms. The Labute approximate surface area is 156 Å². The zero-order valence-electron chi connectivity index (χ0n) is 14.9. The van der Waals surface area contributed by atoms with Gasteiger partial charge in [0.2, 0.25) is 5.91 Å². The standard InChI is InChI=1S/C20H22F3N3O/c21-20(22,23)16-9-6-15(7-10-16)8-11-19(27)25-14-17-4-3-13-26(17)18-5-1-2-12-24-18/h1-2,5-7,9-10,12,17H,3-4,8,11,13-14H2,(H,25,27)/t17-/m1/s1. The summed E-state index contributed by atoms with van der Waals surface area (Å²) in [5, 5.41) is 2.94. The molecule has 27 heavy (non-hydrogen) atoms. The summed E-state index contributed by atoms with van der Waals surface area (Å²) in [5.74, 6) is 0.821. The fourth-order valence-electron chi connectivity index (χ4n) is 3.31. The van der Waals surface area contributed by atoms with Gasteiger partial charge in [-0.05, 0) is 49.1 Å². The third kappa shape index (κ3) is 5.21. The van der Waals surface area contributed by atoms with Crippen LogP contribution in [-0.2, 0) is 17.4 Å². The molecule has 1 fully saturated rings. The molecule has 2 aromatic rings. The molecule has 1 aliphatic heterocycles. The molecular weight excluding hydrogens is 355 g/mol. The Bertz CT molecular complexity index is 747. The van der Waals surface area contributed by atoms with E-state index in [1.807, 2.05) is 18.2 Å². The second kappa shape index (κ2) is 8.41. The maximum Gasteiger partial charge on any atom is 0.416 e. The number of halogens is 3. The van der Waals surface area contributed by atoms with Gasteiger partial charge >= 0.3 is 6.18 Å². The number of carbonyl (C=O) groups is 1. The average molecular weight is 377 g/mol. The molecule has 0 saturated carbocycles. The summed E-state index contributed by atoms with van der Waals surface area (Å²) >= 11 is 0. The van der Waals surface area contributed by atoms with E-state index in [4.69, 9.17) is 0 Å². The van der Waals surface area contributed by atoms with Crippen LogP contribution in [0.15, 0.2) is 48.7 Å². The number of anilines is 1. The lowest BCUT2D eigenvalue weighted by molar-refractivity contribution is -0.137. The third-order valence-electron chi connectivity index (χ3n) is 4.78. The van der Waals surface area contributed by atoms with E-state index >= 15 is 0 Å². The molecule has 1 aliphatic rings. The number of benzene rings is 1. The SMILES string of the molecule is O=C(CCc1ccc(C(F)(F)F)cc1)NC[C@H]1CCCN1c1ccccn1. The minimum absolute atomic E-state index is 0.0947. The normalized spacial score (nSPS) is 17.1. The molecule has 7 heteroatoms. The molecule has 1 amide bonds. The molecule has 144 valence electrons. The van der Waals surface area contributed by atoms with Crippen molar-refractivity contribution in [2.75, 3.05) is 18.0 Å². The highest BCUT2D eigenvalue weighted by Gasteiger charge is 2.30. The lowest BCUT2D eigenvalue weighted by atomic mass is 10.1. The number of alkyl halides is 3. The summed E-state index contributed by atoms with van der Waals surface area (Å²) in [6.07, 6.45) is 0.142. The molecule has 0 bridgehead atoms. The van der Waals surface area contributed by atoms with Gasteiger partial charge in [0.15, 0.2) is 0 Å². The monoisotopic (exact) mass is 377 g/mol. The molecule has 0 aliphatic carbocycles. The van der Waals surface area contributed by atoms with Gasteiger partial charge in [-0.25, -0.2) is 4.98 Å². The van der Waals surface area contributed by atoms with Crippen molar-refractivity contribution in [3.63, 3.8) is 0 Å². The zero-order chi connectivity index (χ0) is 19.3. The summed E-state index contributed by atoms with van der Waals surface area (Å²) in [5.41, 5.74) is 0.0423. The van der Waals surface area contributed by atoms with Crippen LogP contribution in [0.4, 0.5) is 19.0 Å². The topological polar surface area (TPSA) is 45.2 Å². The van der Waals surface area contributed by atoms with Crippen molar-refractivity contribution in [3.8, 4) is 0 Å². The average Bonchev–Trinajstić information content (AvgIpc) is 3.13.